The topological polar surface area (TPSA) is 106 Å². The van der Waals surface area contributed by atoms with Gasteiger partial charge in [-0.2, -0.15) is 0 Å². The first kappa shape index (κ1) is 28.1. The van der Waals surface area contributed by atoms with Gasteiger partial charge in [-0.05, 0) is 79.1 Å². The van der Waals surface area contributed by atoms with Gasteiger partial charge >= 0.3 is 0 Å². The van der Waals surface area contributed by atoms with Crippen LogP contribution in [0.1, 0.15) is 30.2 Å². The normalized spacial score (nSPS) is 14.2. The lowest BCUT2D eigenvalue weighted by atomic mass is 10.1. The van der Waals surface area contributed by atoms with Gasteiger partial charge in [-0.3, -0.25) is 0 Å². The Bertz CT molecular complexity index is 1860. The number of furan rings is 1. The molecule has 5 aromatic rings. The third-order valence-corrected chi connectivity index (χ3v) is 8.09. The second-order valence-corrected chi connectivity index (χ2v) is 13.0. The fraction of sp³-hybridized carbons (Fsp3) is 0.226. The van der Waals surface area contributed by atoms with Crippen molar-refractivity contribution < 1.29 is 22.0 Å². The van der Waals surface area contributed by atoms with Gasteiger partial charge in [0.05, 0.1) is 22.3 Å². The second kappa shape index (κ2) is 11.7. The number of rotatable bonds is 11. The Hall–Kier alpha value is -3.99. The zero-order valence-electron chi connectivity index (χ0n) is 22.7. The number of hydrogen-bond acceptors (Lipinski definition) is 8. The van der Waals surface area contributed by atoms with Crippen molar-refractivity contribution in [1.29, 1.82) is 0 Å². The molecule has 0 saturated heterocycles. The highest BCUT2D eigenvalue weighted by Gasteiger charge is 2.29. The molecular weight excluding hydrogens is 579 g/mol. The molecule has 216 valence electrons. The molecule has 42 heavy (non-hydrogen) atoms. The lowest BCUT2D eigenvalue weighted by molar-refractivity contribution is 0.306. The first-order valence-corrected chi connectivity index (χ1v) is 15.9. The highest BCUT2D eigenvalue weighted by Crippen LogP contribution is 2.34. The van der Waals surface area contributed by atoms with E-state index < -0.39 is 15.9 Å². The van der Waals surface area contributed by atoms with Crippen LogP contribution in [0.5, 0.6) is 5.75 Å². The van der Waals surface area contributed by atoms with E-state index in [-0.39, 0.29) is 18.2 Å². The molecule has 2 heterocycles. The summed E-state index contributed by atoms with van der Waals surface area (Å²) in [6, 6.07) is 20.8. The minimum atomic E-state index is -3.21. The van der Waals surface area contributed by atoms with Crippen molar-refractivity contribution in [3.05, 3.63) is 101 Å². The Balaban J connectivity index is 1.22. The van der Waals surface area contributed by atoms with E-state index in [1.807, 2.05) is 36.4 Å². The highest BCUT2D eigenvalue weighted by atomic mass is 35.5. The number of aromatic nitrogens is 2. The van der Waals surface area contributed by atoms with Crippen molar-refractivity contribution in [3.63, 3.8) is 0 Å². The van der Waals surface area contributed by atoms with Crippen LogP contribution in [0.2, 0.25) is 5.02 Å². The summed E-state index contributed by atoms with van der Waals surface area (Å²) in [6.45, 7) is 0.184. The summed E-state index contributed by atoms with van der Waals surface area (Å²) in [5, 5.41) is 7.84. The molecule has 1 atom stereocenters. The molecule has 0 unspecified atom stereocenters. The number of nitrogens with zero attached hydrogens (tertiary/aromatic N) is 2. The van der Waals surface area contributed by atoms with Crippen LogP contribution in [-0.2, 0) is 16.4 Å². The van der Waals surface area contributed by atoms with Gasteiger partial charge in [0.2, 0.25) is 0 Å². The number of benzene rings is 3. The molecule has 0 aliphatic heterocycles. The highest BCUT2D eigenvalue weighted by molar-refractivity contribution is 7.90. The zero-order chi connectivity index (χ0) is 29.3. The number of anilines is 2. The lowest BCUT2D eigenvalue weighted by Gasteiger charge is -2.15. The lowest BCUT2D eigenvalue weighted by Crippen LogP contribution is -2.29. The number of nitrogens with one attached hydrogen (secondary N) is 2. The van der Waals surface area contributed by atoms with Gasteiger partial charge in [0.25, 0.3) is 0 Å². The van der Waals surface area contributed by atoms with E-state index in [2.05, 4.69) is 20.6 Å². The van der Waals surface area contributed by atoms with Crippen LogP contribution in [0, 0.1) is 5.82 Å². The Labute approximate surface area is 247 Å². The Morgan fingerprint density at radius 2 is 1.93 bits per heavy atom. The second-order valence-electron chi connectivity index (χ2n) is 10.4. The Morgan fingerprint density at radius 3 is 2.69 bits per heavy atom. The number of ether oxygens (including phenoxy) is 1. The molecule has 2 N–H and O–H groups in total. The van der Waals surface area contributed by atoms with Crippen LogP contribution in [0.3, 0.4) is 0 Å². The molecule has 6 rings (SSSR count). The number of hydrogen-bond donors (Lipinski definition) is 2. The molecule has 1 saturated carbocycles. The van der Waals surface area contributed by atoms with Crippen LogP contribution < -0.4 is 15.4 Å². The standard InChI is InChI=1S/C31H28ClFN4O4S/c1-42(38,39)17-27(36-22-6-7-22)30-12-11-28(41-30)20-5-9-26-24(14-20)31(35-18-34-26)37-23-8-10-29(25(32)15-23)40-16-19-3-2-4-21(33)13-19/h2-5,8-15,18,22,27,36H,6-7,16-17H2,1H3,(H,34,35,37)/t27-/m0/s1. The van der Waals surface area contributed by atoms with E-state index in [0.717, 1.165) is 29.3 Å². The molecule has 1 aliphatic rings. The first-order chi connectivity index (χ1) is 20.2. The van der Waals surface area contributed by atoms with Crippen LogP contribution in [0.4, 0.5) is 15.9 Å². The maximum Gasteiger partial charge on any atom is 0.149 e. The maximum absolute atomic E-state index is 13.5. The predicted octanol–water partition coefficient (Wildman–Crippen LogP) is 6.84. The van der Waals surface area contributed by atoms with Crippen molar-refractivity contribution in [2.75, 3.05) is 17.3 Å². The third-order valence-electron chi connectivity index (χ3n) is 6.85. The van der Waals surface area contributed by atoms with E-state index in [0.29, 0.717) is 45.4 Å². The molecule has 1 fully saturated rings. The fourth-order valence-electron chi connectivity index (χ4n) is 4.67. The van der Waals surface area contributed by atoms with Crippen LogP contribution in [0.15, 0.2) is 83.5 Å². The summed E-state index contributed by atoms with van der Waals surface area (Å²) in [5.41, 5.74) is 2.92. The summed E-state index contributed by atoms with van der Waals surface area (Å²) in [7, 11) is -3.21. The number of halogens is 2. The van der Waals surface area contributed by atoms with Gasteiger partial charge in [-0.1, -0.05) is 23.7 Å². The van der Waals surface area contributed by atoms with E-state index in [9.17, 15) is 12.8 Å². The van der Waals surface area contributed by atoms with Gasteiger partial charge in [0.1, 0.15) is 51.7 Å². The molecule has 11 heteroatoms. The largest absolute Gasteiger partial charge is 0.487 e. The average molecular weight is 607 g/mol. The minimum absolute atomic E-state index is 0.0344. The quantitative estimate of drug-likeness (QED) is 0.168. The van der Waals surface area contributed by atoms with Crippen molar-refractivity contribution in [2.45, 2.75) is 31.5 Å². The van der Waals surface area contributed by atoms with Gasteiger partial charge < -0.3 is 19.8 Å². The fourth-order valence-corrected chi connectivity index (χ4v) is 5.78. The molecule has 0 bridgehead atoms. The predicted molar refractivity (Wildman–Crippen MR) is 161 cm³/mol. The van der Waals surface area contributed by atoms with E-state index in [1.54, 1.807) is 24.3 Å². The summed E-state index contributed by atoms with van der Waals surface area (Å²) in [4.78, 5) is 8.84. The SMILES string of the molecule is CS(=O)(=O)C[C@H](NC1CC1)c1ccc(-c2ccc3ncnc(Nc4ccc(OCc5cccc(F)c5)c(Cl)c4)c3c2)o1. The summed E-state index contributed by atoms with van der Waals surface area (Å²) in [5.74, 6) is 1.88. The van der Waals surface area contributed by atoms with Gasteiger partial charge in [0, 0.05) is 28.9 Å². The average Bonchev–Trinajstić information content (AvgIpc) is 3.63. The summed E-state index contributed by atoms with van der Waals surface area (Å²) in [6.07, 6.45) is 4.78. The monoisotopic (exact) mass is 606 g/mol. The number of fused-ring (bicyclic) bond motifs is 1. The summed E-state index contributed by atoms with van der Waals surface area (Å²) < 4.78 is 49.5. The van der Waals surface area contributed by atoms with Gasteiger partial charge in [-0.25, -0.2) is 22.8 Å². The molecule has 0 amide bonds. The van der Waals surface area contributed by atoms with Crippen molar-refractivity contribution >= 4 is 43.8 Å². The third kappa shape index (κ3) is 6.89. The maximum atomic E-state index is 13.5. The van der Waals surface area contributed by atoms with Crippen LogP contribution in [-0.4, -0.2) is 36.4 Å². The van der Waals surface area contributed by atoms with Crippen molar-refractivity contribution in [2.24, 2.45) is 0 Å². The molecule has 0 spiro atoms. The molecule has 3 aromatic carbocycles. The van der Waals surface area contributed by atoms with E-state index in [4.69, 9.17) is 20.8 Å². The molecule has 0 radical (unpaired) electrons. The van der Waals surface area contributed by atoms with E-state index in [1.165, 1.54) is 24.7 Å². The van der Waals surface area contributed by atoms with Crippen LogP contribution in [0.25, 0.3) is 22.2 Å². The van der Waals surface area contributed by atoms with Crippen molar-refractivity contribution in [3.8, 4) is 17.1 Å². The first-order valence-electron chi connectivity index (χ1n) is 13.4. The molecular formula is C31H28ClFN4O4S. The molecule has 1 aliphatic carbocycles. The number of sulfone groups is 1. The van der Waals surface area contributed by atoms with E-state index >= 15 is 0 Å². The molecule has 2 aromatic heterocycles. The van der Waals surface area contributed by atoms with Crippen LogP contribution >= 0.6 is 11.6 Å². The van der Waals surface area contributed by atoms with Crippen molar-refractivity contribution in [1.82, 2.24) is 15.3 Å². The Morgan fingerprint density at radius 1 is 1.07 bits per heavy atom. The van der Waals surface area contributed by atoms with Gasteiger partial charge in [0.15, 0.2) is 0 Å². The smallest absolute Gasteiger partial charge is 0.149 e. The molecule has 8 nitrogen and oxygen atoms in total. The zero-order valence-corrected chi connectivity index (χ0v) is 24.3. The summed E-state index contributed by atoms with van der Waals surface area (Å²) >= 11 is 6.49. The Kier molecular flexibility index (Phi) is 7.85. The van der Waals surface area contributed by atoms with Gasteiger partial charge in [-0.15, -0.1) is 0 Å². The minimum Gasteiger partial charge on any atom is -0.487 e.